The molecular formula is C27H40O7. The van der Waals surface area contributed by atoms with Crippen molar-refractivity contribution in [3.05, 3.63) is 23.3 Å². The van der Waals surface area contributed by atoms with Crippen molar-refractivity contribution in [2.45, 2.75) is 96.4 Å². The van der Waals surface area contributed by atoms with E-state index < -0.39 is 11.6 Å². The van der Waals surface area contributed by atoms with Gasteiger partial charge in [0.1, 0.15) is 11.5 Å². The lowest BCUT2D eigenvalue weighted by Crippen LogP contribution is -2.46. The molecule has 1 aromatic carbocycles. The zero-order valence-corrected chi connectivity index (χ0v) is 21.0. The first-order chi connectivity index (χ1) is 16.5. The third-order valence-corrected chi connectivity index (χ3v) is 6.63. The number of hydrogen-bond acceptors (Lipinski definition) is 7. The van der Waals surface area contributed by atoms with Crippen molar-refractivity contribution in [1.29, 1.82) is 0 Å². The van der Waals surface area contributed by atoms with Gasteiger partial charge in [-0.15, -0.1) is 0 Å². The molecule has 1 aromatic rings. The first-order valence-corrected chi connectivity index (χ1v) is 12.8. The van der Waals surface area contributed by atoms with Crippen molar-refractivity contribution in [2.75, 3.05) is 26.9 Å². The number of ether oxygens (including phenoxy) is 5. The second kappa shape index (κ2) is 13.1. The number of Topliss-reactive ketones (excluding diaryl/α,β-unsaturated/α-hetero) is 1. The fourth-order valence-electron chi connectivity index (χ4n) is 4.55. The number of hydrogen-bond donors (Lipinski definition) is 0. The molecule has 7 heteroatoms. The number of unbranched alkanes of at least 4 members (excludes halogenated alkanes) is 3. The van der Waals surface area contributed by atoms with Crippen molar-refractivity contribution < 1.29 is 33.3 Å². The molecule has 2 aliphatic rings. The molecule has 2 aliphatic heterocycles. The highest BCUT2D eigenvalue weighted by Gasteiger charge is 2.40. The molecule has 0 spiro atoms. The summed E-state index contributed by atoms with van der Waals surface area (Å²) < 4.78 is 28.2. The first kappa shape index (κ1) is 26.5. The third kappa shape index (κ3) is 7.19. The molecular weight excluding hydrogens is 436 g/mol. The van der Waals surface area contributed by atoms with Crippen LogP contribution in [-0.4, -0.2) is 50.6 Å². The first-order valence-electron chi connectivity index (χ1n) is 12.8. The molecule has 1 fully saturated rings. The highest BCUT2D eigenvalue weighted by molar-refractivity contribution is 5.91. The Hall–Kier alpha value is -2.12. The normalized spacial score (nSPS) is 22.1. The molecule has 0 N–H and O–H groups in total. The van der Waals surface area contributed by atoms with Gasteiger partial charge in [-0.1, -0.05) is 32.3 Å². The Balaban J connectivity index is 1.53. The van der Waals surface area contributed by atoms with E-state index in [2.05, 4.69) is 11.7 Å². The number of rotatable bonds is 13. The summed E-state index contributed by atoms with van der Waals surface area (Å²) in [5.74, 6) is 1.04. The van der Waals surface area contributed by atoms with Crippen LogP contribution in [0.25, 0.3) is 0 Å². The predicted octanol–water partition coefficient (Wildman–Crippen LogP) is 4.95. The largest absolute Gasteiger partial charge is 0.481 e. The molecule has 1 saturated heterocycles. The number of methoxy groups -OCH3 is 1. The highest BCUT2D eigenvalue weighted by atomic mass is 16.7. The van der Waals surface area contributed by atoms with Gasteiger partial charge < -0.3 is 23.7 Å². The lowest BCUT2D eigenvalue weighted by atomic mass is 9.85. The molecule has 7 nitrogen and oxygen atoms in total. The molecule has 0 aliphatic carbocycles. The average molecular weight is 477 g/mol. The number of benzene rings is 1. The minimum atomic E-state index is -0.844. The minimum absolute atomic E-state index is 0.0280. The van der Waals surface area contributed by atoms with E-state index in [4.69, 9.17) is 18.9 Å². The molecule has 2 atom stereocenters. The van der Waals surface area contributed by atoms with Gasteiger partial charge in [-0.2, -0.15) is 0 Å². The van der Waals surface area contributed by atoms with Gasteiger partial charge in [0.2, 0.25) is 0 Å². The van der Waals surface area contributed by atoms with E-state index in [1.165, 1.54) is 13.5 Å². The lowest BCUT2D eigenvalue weighted by Gasteiger charge is -2.36. The van der Waals surface area contributed by atoms with Crippen molar-refractivity contribution >= 4 is 11.8 Å². The molecule has 0 radical (unpaired) electrons. The maximum absolute atomic E-state index is 13.0. The summed E-state index contributed by atoms with van der Waals surface area (Å²) in [7, 11) is 1.34. The number of carbonyl (C=O) groups is 2. The molecule has 2 unspecified atom stereocenters. The topological polar surface area (TPSA) is 80.3 Å². The van der Waals surface area contributed by atoms with E-state index in [9.17, 15) is 9.59 Å². The molecule has 0 aromatic heterocycles. The van der Waals surface area contributed by atoms with E-state index in [-0.39, 0.29) is 18.7 Å². The van der Waals surface area contributed by atoms with Crippen molar-refractivity contribution in [2.24, 2.45) is 0 Å². The minimum Gasteiger partial charge on any atom is -0.481 e. The molecule has 34 heavy (non-hydrogen) atoms. The Kier molecular flexibility index (Phi) is 10.2. The predicted molar refractivity (Wildman–Crippen MR) is 128 cm³/mol. The molecule has 0 amide bonds. The average Bonchev–Trinajstić information content (AvgIpc) is 2.84. The highest BCUT2D eigenvalue weighted by Crippen LogP contribution is 2.41. The summed E-state index contributed by atoms with van der Waals surface area (Å²) >= 11 is 0. The van der Waals surface area contributed by atoms with Gasteiger partial charge in [0.15, 0.2) is 24.3 Å². The Morgan fingerprint density at radius 1 is 1.18 bits per heavy atom. The quantitative estimate of drug-likeness (QED) is 0.294. The zero-order chi connectivity index (χ0) is 24.4. The van der Waals surface area contributed by atoms with E-state index in [0.717, 1.165) is 81.5 Å². The van der Waals surface area contributed by atoms with Crippen molar-refractivity contribution in [1.82, 2.24) is 0 Å². The van der Waals surface area contributed by atoms with Crippen molar-refractivity contribution in [3.8, 4) is 11.5 Å². The second-order valence-corrected chi connectivity index (χ2v) is 9.41. The van der Waals surface area contributed by atoms with Crippen molar-refractivity contribution in [3.63, 3.8) is 0 Å². The van der Waals surface area contributed by atoms with E-state index in [0.29, 0.717) is 18.6 Å². The van der Waals surface area contributed by atoms with Gasteiger partial charge in [-0.3, -0.25) is 4.79 Å². The monoisotopic (exact) mass is 476 g/mol. The summed E-state index contributed by atoms with van der Waals surface area (Å²) in [4.78, 5) is 24.5. The van der Waals surface area contributed by atoms with E-state index >= 15 is 0 Å². The number of carbonyl (C=O) groups excluding carboxylic acids is 2. The van der Waals surface area contributed by atoms with E-state index in [1.54, 1.807) is 0 Å². The van der Waals surface area contributed by atoms with E-state index in [1.807, 2.05) is 19.1 Å². The van der Waals surface area contributed by atoms with Crippen LogP contribution in [0.15, 0.2) is 12.1 Å². The number of fused-ring (bicyclic) bond motifs is 1. The SMILES string of the molecule is CCCc1c(OCC(=O)OC)ccc2c1OC(C)(CCCCCCOC1CCCCO1)C(=O)C2. The summed E-state index contributed by atoms with van der Waals surface area (Å²) in [6.45, 7) is 5.36. The summed E-state index contributed by atoms with van der Waals surface area (Å²) in [5.41, 5.74) is 0.964. The fraction of sp³-hybridized carbons (Fsp3) is 0.704. The molecule has 0 saturated carbocycles. The number of esters is 1. The van der Waals surface area contributed by atoms with Crippen LogP contribution >= 0.6 is 0 Å². The second-order valence-electron chi connectivity index (χ2n) is 9.41. The van der Waals surface area contributed by atoms with Crippen LogP contribution in [-0.2, 0) is 36.6 Å². The lowest BCUT2D eigenvalue weighted by molar-refractivity contribution is -0.162. The van der Waals surface area contributed by atoms with Gasteiger partial charge in [-0.25, -0.2) is 4.79 Å². The standard InChI is InChI=1S/C27H40O7/c1-4-11-21-22(33-19-24(29)30-3)14-13-20-18-23(28)27(2,34-26(20)21)15-8-5-6-9-16-31-25-12-7-10-17-32-25/h13-14,25H,4-12,15-19H2,1-3H3. The van der Waals surface area contributed by atoms with Gasteiger partial charge in [-0.05, 0) is 57.9 Å². The van der Waals surface area contributed by atoms with Gasteiger partial charge in [0.05, 0.1) is 7.11 Å². The fourth-order valence-corrected chi connectivity index (χ4v) is 4.55. The molecule has 0 bridgehead atoms. The van der Waals surface area contributed by atoms with Gasteiger partial charge in [0, 0.05) is 30.8 Å². The Bertz CT molecular complexity index is 815. The summed E-state index contributed by atoms with van der Waals surface area (Å²) in [6.07, 6.45) is 9.94. The third-order valence-electron chi connectivity index (χ3n) is 6.63. The summed E-state index contributed by atoms with van der Waals surface area (Å²) in [6, 6.07) is 3.70. The van der Waals surface area contributed by atoms with Gasteiger partial charge in [0.25, 0.3) is 0 Å². The van der Waals surface area contributed by atoms with Crippen LogP contribution in [0.2, 0.25) is 0 Å². The Labute approximate surface area is 203 Å². The smallest absolute Gasteiger partial charge is 0.343 e. The van der Waals surface area contributed by atoms with Crippen LogP contribution in [0, 0.1) is 0 Å². The zero-order valence-electron chi connectivity index (χ0n) is 21.0. The summed E-state index contributed by atoms with van der Waals surface area (Å²) in [5, 5.41) is 0. The van der Waals surface area contributed by atoms with Crippen LogP contribution in [0.4, 0.5) is 0 Å². The van der Waals surface area contributed by atoms with Gasteiger partial charge >= 0.3 is 5.97 Å². The molecule has 2 heterocycles. The van der Waals surface area contributed by atoms with Crippen LogP contribution in [0.3, 0.4) is 0 Å². The van der Waals surface area contributed by atoms with Crippen LogP contribution < -0.4 is 9.47 Å². The van der Waals surface area contributed by atoms with Crippen LogP contribution in [0.1, 0.15) is 82.8 Å². The maximum Gasteiger partial charge on any atom is 0.343 e. The van der Waals surface area contributed by atoms with Crippen LogP contribution in [0.5, 0.6) is 11.5 Å². The maximum atomic E-state index is 13.0. The number of ketones is 1. The molecule has 190 valence electrons. The molecule has 3 rings (SSSR count). The Morgan fingerprint density at radius 3 is 2.74 bits per heavy atom. The Morgan fingerprint density at radius 2 is 2.00 bits per heavy atom.